The number of nitrogens with zero attached hydrogens (tertiary/aromatic N) is 6. The molecule has 0 spiro atoms. The van der Waals surface area contributed by atoms with Crippen molar-refractivity contribution in [3.05, 3.63) is 131 Å². The number of anilines is 3. The molecule has 0 saturated carbocycles. The summed E-state index contributed by atoms with van der Waals surface area (Å²) in [7, 11) is 2.06. The molecule has 0 amide bonds. The summed E-state index contributed by atoms with van der Waals surface area (Å²) >= 11 is 2.36. The van der Waals surface area contributed by atoms with Gasteiger partial charge in [-0.3, -0.25) is 0 Å². The first-order valence-electron chi connectivity index (χ1n) is 15.8. The third-order valence-corrected chi connectivity index (χ3v) is 9.92. The molecule has 3 aromatic carbocycles. The van der Waals surface area contributed by atoms with Gasteiger partial charge in [-0.2, -0.15) is 0 Å². The van der Waals surface area contributed by atoms with Crippen molar-refractivity contribution >= 4 is 39.0 Å². The zero-order valence-electron chi connectivity index (χ0n) is 27.8. The first-order valence-corrected chi connectivity index (χ1v) is 17.0. The number of imidazole rings is 1. The van der Waals surface area contributed by atoms with Crippen LogP contribution in [0.2, 0.25) is 0 Å². The Morgan fingerprint density at radius 2 is 1.38 bits per heavy atom. The summed E-state index contributed by atoms with van der Waals surface area (Å²) in [5, 5.41) is 2.14. The Bertz CT molecular complexity index is 2280. The normalized spacial score (nSPS) is 12.3. The van der Waals surface area contributed by atoms with Crippen molar-refractivity contribution in [1.29, 1.82) is 0 Å². The molecule has 7 aromatic rings. The minimum absolute atomic E-state index is 0.132. The van der Waals surface area contributed by atoms with E-state index < -0.39 is 0 Å². The number of hydrogen-bond donors (Lipinski definition) is 0. The number of pyridine rings is 2. The first-order chi connectivity index (χ1) is 22.4. The van der Waals surface area contributed by atoms with Gasteiger partial charge in [0.2, 0.25) is 0 Å². The molecule has 6 nitrogen and oxygen atoms in total. The van der Waals surface area contributed by atoms with Gasteiger partial charge < -0.3 is 0 Å². The first kappa shape index (κ1) is 31.1. The van der Waals surface area contributed by atoms with Gasteiger partial charge >= 0.3 is 258 Å². The van der Waals surface area contributed by atoms with Crippen LogP contribution in [-0.2, 0) is 37.2 Å². The second-order valence-corrected chi connectivity index (χ2v) is 15.0. The number of benzene rings is 3. The molecule has 0 bridgehead atoms. The molecule has 0 aliphatic heterocycles. The molecule has 0 radical (unpaired) electrons. The van der Waals surface area contributed by atoms with E-state index in [-0.39, 0.29) is 10.8 Å². The summed E-state index contributed by atoms with van der Waals surface area (Å²) in [4.78, 5) is 11.9. The Kier molecular flexibility index (Phi) is 7.68. The zero-order chi connectivity index (χ0) is 33.1. The summed E-state index contributed by atoms with van der Waals surface area (Å²) in [6.45, 7) is 13.7. The summed E-state index contributed by atoms with van der Waals surface area (Å²) in [6, 6.07) is 35.3. The molecule has 4 aromatic heterocycles. The van der Waals surface area contributed by atoms with Gasteiger partial charge in [0, 0.05) is 12.4 Å². The van der Waals surface area contributed by atoms with Crippen LogP contribution in [-0.4, -0.2) is 23.7 Å². The second-order valence-electron chi connectivity index (χ2n) is 14.0. The van der Waals surface area contributed by atoms with Gasteiger partial charge in [0.15, 0.2) is 0 Å². The second kappa shape index (κ2) is 11.6. The molecule has 0 saturated heterocycles. The van der Waals surface area contributed by atoms with Crippen molar-refractivity contribution in [3.8, 4) is 11.5 Å². The molecule has 0 fully saturated rings. The van der Waals surface area contributed by atoms with Crippen molar-refractivity contribution in [2.24, 2.45) is 7.05 Å². The maximum atomic E-state index is 4.81. The van der Waals surface area contributed by atoms with Crippen LogP contribution in [0, 0.1) is 15.9 Å². The molecule has 7 rings (SSSR count). The molecule has 7 heteroatoms. The average molecular weight is 798 g/mol. The van der Waals surface area contributed by atoms with Crippen molar-refractivity contribution in [3.63, 3.8) is 0 Å². The molecular formula is C40H38N6Pt-2. The van der Waals surface area contributed by atoms with Gasteiger partial charge in [0.1, 0.15) is 0 Å². The fourth-order valence-electron chi connectivity index (χ4n) is 6.30. The summed E-state index contributed by atoms with van der Waals surface area (Å²) in [5.74, 6) is 0.806. The Balaban J connectivity index is 1.58. The molecule has 0 atom stereocenters. The molecule has 4 heterocycles. The average Bonchev–Trinajstić information content (AvgIpc) is 3.56. The van der Waals surface area contributed by atoms with Gasteiger partial charge in [0.05, 0.1) is 0 Å². The molecule has 240 valence electrons. The van der Waals surface area contributed by atoms with E-state index in [0.29, 0.717) is 0 Å². The summed E-state index contributed by atoms with van der Waals surface area (Å²) in [5.41, 5.74) is 8.01. The van der Waals surface area contributed by atoms with Crippen LogP contribution in [0.3, 0.4) is 0 Å². The molecular weight excluding hydrogens is 760 g/mol. The van der Waals surface area contributed by atoms with Crippen molar-refractivity contribution in [2.45, 2.75) is 52.4 Å². The minimum atomic E-state index is -0.132. The van der Waals surface area contributed by atoms with E-state index in [2.05, 4.69) is 166 Å². The number of aryl methyl sites for hydroxylation is 1. The number of fused-ring (bicyclic) bond motifs is 3. The third kappa shape index (κ3) is 5.49. The van der Waals surface area contributed by atoms with Crippen molar-refractivity contribution < 1.29 is 19.4 Å². The monoisotopic (exact) mass is 797 g/mol. The van der Waals surface area contributed by atoms with Crippen LogP contribution in [0.5, 0.6) is 0 Å². The van der Waals surface area contributed by atoms with Gasteiger partial charge in [0.25, 0.3) is 0 Å². The van der Waals surface area contributed by atoms with Crippen LogP contribution in [0.1, 0.15) is 52.7 Å². The van der Waals surface area contributed by atoms with Crippen molar-refractivity contribution in [1.82, 2.24) is 23.7 Å². The number of rotatable bonds is 5. The van der Waals surface area contributed by atoms with E-state index in [9.17, 15) is 0 Å². The van der Waals surface area contributed by atoms with E-state index in [0.717, 1.165) is 54.3 Å². The number of hydrogen-bond acceptors (Lipinski definition) is 3. The van der Waals surface area contributed by atoms with Crippen LogP contribution in [0.15, 0.2) is 104 Å². The van der Waals surface area contributed by atoms with Crippen molar-refractivity contribution in [2.75, 3.05) is 4.90 Å². The topological polar surface area (TPSA) is 43.8 Å². The van der Waals surface area contributed by atoms with Gasteiger partial charge in [-0.1, -0.05) is 6.07 Å². The Morgan fingerprint density at radius 1 is 0.681 bits per heavy atom. The molecule has 0 aliphatic carbocycles. The van der Waals surface area contributed by atoms with Crippen LogP contribution >= 0.6 is 0 Å². The molecule has 0 N–H and O–H groups in total. The number of aromatic nitrogens is 5. The number of para-hydroxylation sites is 1. The van der Waals surface area contributed by atoms with Gasteiger partial charge in [-0.15, -0.1) is 0 Å². The molecule has 0 unspecified atom stereocenters. The van der Waals surface area contributed by atoms with Gasteiger partial charge in [-0.05, 0) is 12.1 Å². The maximum absolute atomic E-state index is 4.81. The fourth-order valence-corrected chi connectivity index (χ4v) is 6.91. The Labute approximate surface area is 287 Å². The van der Waals surface area contributed by atoms with Gasteiger partial charge in [-0.25, -0.2) is 0 Å². The van der Waals surface area contributed by atoms with E-state index in [1.807, 2.05) is 36.7 Å². The Morgan fingerprint density at radius 3 is 2.04 bits per heavy atom. The quantitative estimate of drug-likeness (QED) is 0.163. The molecule has 0 aliphatic rings. The predicted octanol–water partition coefficient (Wildman–Crippen LogP) is 9.45. The predicted molar refractivity (Wildman–Crippen MR) is 188 cm³/mol. The SMILES string of the molecule is Cn1ccn(-c2[c-]c(N(c3[c-]c4c(cc3)c3cccnc3n4-c3ccccn3)c3c(C(C)(C)C)cccc3C(C)(C)C)ccc2)[c]1=[Pt]. The van der Waals surface area contributed by atoms with Crippen LogP contribution in [0.4, 0.5) is 17.1 Å². The standard InChI is InChI=1S/C40H38N6.Pt/c1-39(2,3)33-16-11-17-34(40(4,5)6)37(33)45(29-14-10-13-28(25-29)44-24-23-43(7)27-44)30-19-20-31-32-15-12-22-42-38(32)46(35(31)26-30)36-18-8-9-21-41-36;/h8-24H,1-7H3;/q-2;. The van der Waals surface area contributed by atoms with E-state index >= 15 is 0 Å². The van der Waals surface area contributed by atoms with Crippen LogP contribution < -0.4 is 4.90 Å². The van der Waals surface area contributed by atoms with E-state index in [1.165, 1.54) is 11.1 Å². The Hall–Kier alpha value is -4.54. The summed E-state index contributed by atoms with van der Waals surface area (Å²) < 4.78 is 7.49. The summed E-state index contributed by atoms with van der Waals surface area (Å²) in [6.07, 6.45) is 7.82. The van der Waals surface area contributed by atoms with E-state index in [4.69, 9.17) is 9.97 Å². The van der Waals surface area contributed by atoms with E-state index in [1.54, 1.807) is 0 Å². The third-order valence-electron chi connectivity index (χ3n) is 8.57. The zero-order valence-corrected chi connectivity index (χ0v) is 30.1. The molecule has 47 heavy (non-hydrogen) atoms. The van der Waals surface area contributed by atoms with Crippen LogP contribution in [0.25, 0.3) is 33.4 Å². The fraction of sp³-hybridized carbons (Fsp3) is 0.225.